The zero-order valence-corrected chi connectivity index (χ0v) is 15.5. The first-order valence-corrected chi connectivity index (χ1v) is 10.1. The second-order valence-electron chi connectivity index (χ2n) is 6.46. The summed E-state index contributed by atoms with van der Waals surface area (Å²) in [5.41, 5.74) is 3.04. The molecule has 140 valence electrons. The molecule has 0 spiro atoms. The summed E-state index contributed by atoms with van der Waals surface area (Å²) in [5.74, 6) is -0.291. The molecule has 2 aromatic carbocycles. The molecule has 0 amide bonds. The highest BCUT2D eigenvalue weighted by Crippen LogP contribution is 2.40. The Balaban J connectivity index is 1.79. The Morgan fingerprint density at radius 2 is 2.04 bits per heavy atom. The second kappa shape index (κ2) is 6.47. The van der Waals surface area contributed by atoms with Crippen molar-refractivity contribution in [2.45, 2.75) is 12.2 Å². The number of halogens is 1. The van der Waals surface area contributed by atoms with Crippen LogP contribution < -0.4 is 14.8 Å². The van der Waals surface area contributed by atoms with Gasteiger partial charge in [0.15, 0.2) is 0 Å². The third kappa shape index (κ3) is 3.22. The number of fused-ring (bicyclic) bond motifs is 2. The van der Waals surface area contributed by atoms with Gasteiger partial charge < -0.3 is 9.64 Å². The van der Waals surface area contributed by atoms with Gasteiger partial charge in [0.05, 0.1) is 24.1 Å². The number of ether oxygens (including phenoxy) is 1. The molecule has 6 nitrogen and oxygen atoms in total. The normalized spacial score (nSPS) is 13.8. The molecule has 27 heavy (non-hydrogen) atoms. The van der Waals surface area contributed by atoms with E-state index in [9.17, 15) is 12.8 Å². The summed E-state index contributed by atoms with van der Waals surface area (Å²) in [6.45, 7) is 0.593. The maximum Gasteiger partial charge on any atom is 0.213 e. The fraction of sp³-hybridized carbons (Fsp3) is 0.211. The van der Waals surface area contributed by atoms with E-state index in [2.05, 4.69) is 4.98 Å². The van der Waals surface area contributed by atoms with Crippen molar-refractivity contribution in [2.24, 2.45) is 5.14 Å². The van der Waals surface area contributed by atoms with Gasteiger partial charge in [-0.3, -0.25) is 4.98 Å². The van der Waals surface area contributed by atoms with Crippen LogP contribution in [0.15, 0.2) is 42.6 Å². The first-order chi connectivity index (χ1) is 12.9. The lowest BCUT2D eigenvalue weighted by molar-refractivity contribution is 0.415. The van der Waals surface area contributed by atoms with E-state index in [1.165, 1.54) is 6.07 Å². The molecule has 1 aliphatic rings. The number of rotatable bonds is 4. The highest BCUT2D eigenvalue weighted by Gasteiger charge is 2.27. The highest BCUT2D eigenvalue weighted by atomic mass is 32.2. The van der Waals surface area contributed by atoms with Crippen LogP contribution in [0.1, 0.15) is 11.1 Å². The summed E-state index contributed by atoms with van der Waals surface area (Å²) < 4.78 is 42.7. The van der Waals surface area contributed by atoms with Crippen LogP contribution in [0.3, 0.4) is 0 Å². The minimum absolute atomic E-state index is 0.0995. The largest absolute Gasteiger partial charge is 0.497 e. The van der Waals surface area contributed by atoms with Crippen LogP contribution in [-0.2, 0) is 22.2 Å². The summed E-state index contributed by atoms with van der Waals surface area (Å²) in [5, 5.41) is 5.99. The van der Waals surface area contributed by atoms with Crippen molar-refractivity contribution in [3.63, 3.8) is 0 Å². The number of nitrogens with two attached hydrogens (primary N) is 1. The van der Waals surface area contributed by atoms with Gasteiger partial charge in [0.25, 0.3) is 0 Å². The lowest BCUT2D eigenvalue weighted by Crippen LogP contribution is -2.16. The number of pyridine rings is 1. The molecule has 3 aromatic rings. The average Bonchev–Trinajstić information content (AvgIpc) is 3.06. The molecule has 0 atom stereocenters. The number of hydrogen-bond acceptors (Lipinski definition) is 5. The standard InChI is InChI=1S/C19H18FN3O3S/c1-26-13-3-4-14-16(10-13)22-8-6-18(14)23-9-7-15-17(23)5-2-12(19(15)20)11-27(21,24)25/h2-6,8,10H,7,9,11H2,1H3,(H2,21,24,25). The molecule has 0 bridgehead atoms. The molecule has 1 aromatic heterocycles. The van der Waals surface area contributed by atoms with E-state index < -0.39 is 21.6 Å². The number of hydrogen-bond donors (Lipinski definition) is 1. The molecule has 0 aliphatic carbocycles. The fourth-order valence-electron chi connectivity index (χ4n) is 3.55. The van der Waals surface area contributed by atoms with Crippen LogP contribution in [0, 0.1) is 5.82 Å². The zero-order valence-electron chi connectivity index (χ0n) is 14.6. The number of methoxy groups -OCH3 is 1. The molecule has 0 saturated heterocycles. The van der Waals surface area contributed by atoms with Gasteiger partial charge in [0.1, 0.15) is 11.6 Å². The van der Waals surface area contributed by atoms with Crippen molar-refractivity contribution >= 4 is 32.3 Å². The van der Waals surface area contributed by atoms with Crippen molar-refractivity contribution < 1.29 is 17.5 Å². The molecule has 2 heterocycles. The maximum atomic E-state index is 14.8. The molecule has 0 fully saturated rings. The first-order valence-electron chi connectivity index (χ1n) is 8.38. The Labute approximate surface area is 156 Å². The summed E-state index contributed by atoms with van der Waals surface area (Å²) in [4.78, 5) is 6.41. The fourth-order valence-corrected chi connectivity index (χ4v) is 4.20. The number of aromatic nitrogens is 1. The van der Waals surface area contributed by atoms with Gasteiger partial charge in [-0.2, -0.15) is 0 Å². The van der Waals surface area contributed by atoms with Gasteiger partial charge in [-0.05, 0) is 30.7 Å². The topological polar surface area (TPSA) is 85.5 Å². The molecule has 1 aliphatic heterocycles. The maximum absolute atomic E-state index is 14.8. The van der Waals surface area contributed by atoms with E-state index in [0.29, 0.717) is 24.3 Å². The Hall–Kier alpha value is -2.71. The van der Waals surface area contributed by atoms with Crippen molar-refractivity contribution in [2.75, 3.05) is 18.6 Å². The summed E-state index contributed by atoms with van der Waals surface area (Å²) in [7, 11) is -2.19. The van der Waals surface area contributed by atoms with Crippen LogP contribution >= 0.6 is 0 Å². The summed E-state index contributed by atoms with van der Waals surface area (Å²) >= 11 is 0. The Bertz CT molecular complexity index is 1150. The molecule has 2 N–H and O–H groups in total. The van der Waals surface area contributed by atoms with E-state index in [1.807, 2.05) is 29.2 Å². The van der Waals surface area contributed by atoms with E-state index in [0.717, 1.165) is 22.3 Å². The Morgan fingerprint density at radius 1 is 1.22 bits per heavy atom. The smallest absolute Gasteiger partial charge is 0.213 e. The monoisotopic (exact) mass is 387 g/mol. The molecule has 0 unspecified atom stereocenters. The van der Waals surface area contributed by atoms with Gasteiger partial charge in [-0.25, -0.2) is 17.9 Å². The van der Waals surface area contributed by atoms with E-state index in [4.69, 9.17) is 9.88 Å². The van der Waals surface area contributed by atoms with Crippen LogP contribution in [0.4, 0.5) is 15.8 Å². The van der Waals surface area contributed by atoms with E-state index >= 15 is 0 Å². The number of primary sulfonamides is 1. The van der Waals surface area contributed by atoms with E-state index in [-0.39, 0.29) is 5.56 Å². The SMILES string of the molecule is COc1ccc2c(N3CCc4c3ccc(CS(N)(=O)=O)c4F)ccnc2c1. The highest BCUT2D eigenvalue weighted by molar-refractivity contribution is 7.88. The minimum atomic E-state index is -3.79. The van der Waals surface area contributed by atoms with Crippen molar-refractivity contribution in [1.82, 2.24) is 4.98 Å². The van der Waals surface area contributed by atoms with Crippen molar-refractivity contribution in [3.05, 3.63) is 59.5 Å². The number of nitrogens with zero attached hydrogens (tertiary/aromatic N) is 2. The number of sulfonamides is 1. The second-order valence-corrected chi connectivity index (χ2v) is 8.07. The van der Waals surface area contributed by atoms with Crippen LogP contribution in [0.2, 0.25) is 0 Å². The minimum Gasteiger partial charge on any atom is -0.497 e. The number of anilines is 2. The van der Waals surface area contributed by atoms with Crippen LogP contribution in [-0.4, -0.2) is 27.1 Å². The van der Waals surface area contributed by atoms with E-state index in [1.54, 1.807) is 19.4 Å². The molecule has 8 heteroatoms. The third-order valence-corrected chi connectivity index (χ3v) is 5.46. The predicted octanol–water partition coefficient (Wildman–Crippen LogP) is 2.87. The summed E-state index contributed by atoms with van der Waals surface area (Å²) in [6.07, 6.45) is 2.19. The van der Waals surface area contributed by atoms with Crippen LogP contribution in [0.5, 0.6) is 5.75 Å². The van der Waals surface area contributed by atoms with Gasteiger partial charge in [0, 0.05) is 41.0 Å². The molecular formula is C19H18FN3O3S. The lowest BCUT2D eigenvalue weighted by Gasteiger charge is -2.22. The number of benzene rings is 2. The van der Waals surface area contributed by atoms with Crippen molar-refractivity contribution in [1.29, 1.82) is 0 Å². The van der Waals surface area contributed by atoms with Crippen LogP contribution in [0.25, 0.3) is 10.9 Å². The summed E-state index contributed by atoms with van der Waals surface area (Å²) in [6, 6.07) is 10.8. The molecular weight excluding hydrogens is 369 g/mol. The van der Waals surface area contributed by atoms with Gasteiger partial charge in [-0.15, -0.1) is 0 Å². The molecule has 0 radical (unpaired) electrons. The molecule has 0 saturated carbocycles. The quantitative estimate of drug-likeness (QED) is 0.744. The Kier molecular flexibility index (Phi) is 4.24. The zero-order chi connectivity index (χ0) is 19.2. The Morgan fingerprint density at radius 3 is 2.78 bits per heavy atom. The molecule has 4 rings (SSSR count). The predicted molar refractivity (Wildman–Crippen MR) is 102 cm³/mol. The van der Waals surface area contributed by atoms with Gasteiger partial charge in [-0.1, -0.05) is 6.07 Å². The first kappa shape index (κ1) is 17.7. The average molecular weight is 387 g/mol. The lowest BCUT2D eigenvalue weighted by atomic mass is 10.1. The van der Waals surface area contributed by atoms with Gasteiger partial charge >= 0.3 is 0 Å². The van der Waals surface area contributed by atoms with Crippen molar-refractivity contribution in [3.8, 4) is 5.75 Å². The third-order valence-electron chi connectivity index (χ3n) is 4.75. The van der Waals surface area contributed by atoms with Gasteiger partial charge in [0.2, 0.25) is 10.0 Å².